The van der Waals surface area contributed by atoms with Crippen LogP contribution in [-0.4, -0.2) is 56.1 Å². The molecule has 16 heavy (non-hydrogen) atoms. The van der Waals surface area contributed by atoms with Crippen molar-refractivity contribution in [1.29, 1.82) is 0 Å². The minimum atomic E-state index is 0.453. The molecule has 1 saturated carbocycles. The van der Waals surface area contributed by atoms with E-state index < -0.39 is 0 Å². The number of likely N-dealkylation sites (N-methyl/N-ethyl adjacent to an activating group) is 1. The fourth-order valence-corrected chi connectivity index (χ4v) is 3.21. The molecule has 3 nitrogen and oxygen atoms in total. The molecule has 2 fully saturated rings. The zero-order valence-corrected chi connectivity index (χ0v) is 10.7. The van der Waals surface area contributed by atoms with Gasteiger partial charge in [0.15, 0.2) is 0 Å². The van der Waals surface area contributed by atoms with Gasteiger partial charge in [0.05, 0.1) is 0 Å². The van der Waals surface area contributed by atoms with Crippen molar-refractivity contribution in [3.8, 4) is 0 Å². The predicted molar refractivity (Wildman–Crippen MR) is 68.5 cm³/mol. The summed E-state index contributed by atoms with van der Waals surface area (Å²) in [6.45, 7) is 7.05. The Morgan fingerprint density at radius 3 is 2.19 bits per heavy atom. The second-order valence-electron chi connectivity index (χ2n) is 5.84. The topological polar surface area (TPSA) is 32.5 Å². The van der Waals surface area contributed by atoms with Crippen molar-refractivity contribution in [2.24, 2.45) is 11.1 Å². The van der Waals surface area contributed by atoms with Crippen molar-refractivity contribution in [2.45, 2.75) is 32.1 Å². The largest absolute Gasteiger partial charge is 0.330 e. The average molecular weight is 225 g/mol. The van der Waals surface area contributed by atoms with Gasteiger partial charge < -0.3 is 15.5 Å². The van der Waals surface area contributed by atoms with E-state index in [4.69, 9.17) is 5.73 Å². The first kappa shape index (κ1) is 12.3. The summed E-state index contributed by atoms with van der Waals surface area (Å²) >= 11 is 0. The lowest BCUT2D eigenvalue weighted by Gasteiger charge is -2.42. The molecule has 0 aromatic carbocycles. The summed E-state index contributed by atoms with van der Waals surface area (Å²) in [6.07, 6.45) is 6.92. The van der Waals surface area contributed by atoms with E-state index in [9.17, 15) is 0 Å². The Morgan fingerprint density at radius 2 is 1.62 bits per heavy atom. The molecule has 0 amide bonds. The quantitative estimate of drug-likeness (QED) is 0.782. The first-order valence-electron chi connectivity index (χ1n) is 6.85. The van der Waals surface area contributed by atoms with Gasteiger partial charge in [0.1, 0.15) is 0 Å². The molecule has 0 unspecified atom stereocenters. The highest BCUT2D eigenvalue weighted by Gasteiger charge is 2.33. The zero-order valence-electron chi connectivity index (χ0n) is 10.7. The molecule has 0 aromatic heterocycles. The van der Waals surface area contributed by atoms with Crippen LogP contribution in [0.4, 0.5) is 0 Å². The summed E-state index contributed by atoms with van der Waals surface area (Å²) in [5, 5.41) is 0. The maximum Gasteiger partial charge on any atom is 0.0110 e. The van der Waals surface area contributed by atoms with Crippen molar-refractivity contribution in [1.82, 2.24) is 9.80 Å². The molecule has 0 radical (unpaired) electrons. The first-order valence-corrected chi connectivity index (χ1v) is 6.85. The molecule has 1 heterocycles. The normalized spacial score (nSPS) is 28.1. The lowest BCUT2D eigenvalue weighted by atomic mass is 9.73. The molecule has 0 atom stereocenters. The van der Waals surface area contributed by atoms with E-state index in [1.54, 1.807) is 0 Å². The van der Waals surface area contributed by atoms with Crippen LogP contribution in [0.1, 0.15) is 32.1 Å². The number of hydrogen-bond acceptors (Lipinski definition) is 3. The maximum atomic E-state index is 6.05. The van der Waals surface area contributed by atoms with Crippen LogP contribution in [0.5, 0.6) is 0 Å². The minimum Gasteiger partial charge on any atom is -0.330 e. The molecule has 2 aliphatic rings. The Kier molecular flexibility index (Phi) is 4.22. The van der Waals surface area contributed by atoms with Gasteiger partial charge in [-0.05, 0) is 31.8 Å². The summed E-state index contributed by atoms with van der Waals surface area (Å²) < 4.78 is 0. The lowest BCUT2D eigenvalue weighted by Crippen LogP contribution is -2.50. The van der Waals surface area contributed by atoms with E-state index in [2.05, 4.69) is 16.8 Å². The summed E-state index contributed by atoms with van der Waals surface area (Å²) in [7, 11) is 2.22. The molecular formula is C13H27N3. The number of piperazine rings is 1. The van der Waals surface area contributed by atoms with Crippen molar-refractivity contribution < 1.29 is 0 Å². The number of rotatable bonds is 3. The van der Waals surface area contributed by atoms with E-state index >= 15 is 0 Å². The van der Waals surface area contributed by atoms with Gasteiger partial charge >= 0.3 is 0 Å². The third-order valence-electron chi connectivity index (χ3n) is 4.50. The molecule has 1 aliphatic carbocycles. The van der Waals surface area contributed by atoms with E-state index in [1.807, 2.05) is 0 Å². The Morgan fingerprint density at radius 1 is 1.00 bits per heavy atom. The molecular weight excluding hydrogens is 198 g/mol. The van der Waals surface area contributed by atoms with Crippen molar-refractivity contribution >= 4 is 0 Å². The Labute approximate surface area is 100.0 Å². The van der Waals surface area contributed by atoms with Crippen molar-refractivity contribution in [3.63, 3.8) is 0 Å². The summed E-state index contributed by atoms with van der Waals surface area (Å²) in [5.41, 5.74) is 6.50. The Balaban J connectivity index is 1.86. The third-order valence-corrected chi connectivity index (χ3v) is 4.50. The van der Waals surface area contributed by atoms with Gasteiger partial charge in [-0.25, -0.2) is 0 Å². The van der Waals surface area contributed by atoms with Gasteiger partial charge in [0.25, 0.3) is 0 Å². The Bertz CT molecular complexity index is 203. The van der Waals surface area contributed by atoms with E-state index in [0.717, 1.165) is 6.54 Å². The van der Waals surface area contributed by atoms with Crippen molar-refractivity contribution in [3.05, 3.63) is 0 Å². The Hall–Kier alpha value is -0.120. The van der Waals surface area contributed by atoms with Gasteiger partial charge in [-0.2, -0.15) is 0 Å². The van der Waals surface area contributed by atoms with Crippen LogP contribution in [0.3, 0.4) is 0 Å². The molecule has 2 rings (SSSR count). The standard InChI is InChI=1S/C13H27N3/c1-15-7-9-16(10-8-15)12-13(11-14)5-3-2-4-6-13/h2-12,14H2,1H3. The summed E-state index contributed by atoms with van der Waals surface area (Å²) in [6, 6.07) is 0. The van der Waals surface area contributed by atoms with E-state index in [1.165, 1.54) is 64.8 Å². The van der Waals surface area contributed by atoms with Crippen LogP contribution in [0.25, 0.3) is 0 Å². The summed E-state index contributed by atoms with van der Waals surface area (Å²) in [4.78, 5) is 5.06. The minimum absolute atomic E-state index is 0.453. The molecule has 1 saturated heterocycles. The number of nitrogens with two attached hydrogens (primary N) is 1. The van der Waals surface area contributed by atoms with Gasteiger partial charge in [-0.3, -0.25) is 0 Å². The van der Waals surface area contributed by atoms with Crippen LogP contribution < -0.4 is 5.73 Å². The molecule has 3 heteroatoms. The van der Waals surface area contributed by atoms with Crippen LogP contribution in [0.2, 0.25) is 0 Å². The van der Waals surface area contributed by atoms with Gasteiger partial charge in [0, 0.05) is 32.7 Å². The zero-order chi connectivity index (χ0) is 11.4. The van der Waals surface area contributed by atoms with Crippen LogP contribution >= 0.6 is 0 Å². The SMILES string of the molecule is CN1CCN(CC2(CN)CCCCC2)CC1. The van der Waals surface area contributed by atoms with Gasteiger partial charge in [-0.15, -0.1) is 0 Å². The monoisotopic (exact) mass is 225 g/mol. The maximum absolute atomic E-state index is 6.05. The van der Waals surface area contributed by atoms with Gasteiger partial charge in [0.2, 0.25) is 0 Å². The molecule has 2 N–H and O–H groups in total. The number of nitrogens with zero attached hydrogens (tertiary/aromatic N) is 2. The van der Waals surface area contributed by atoms with E-state index in [-0.39, 0.29) is 0 Å². The molecule has 94 valence electrons. The molecule has 0 bridgehead atoms. The smallest absolute Gasteiger partial charge is 0.0110 e. The second-order valence-corrected chi connectivity index (χ2v) is 5.84. The number of hydrogen-bond donors (Lipinski definition) is 1. The first-order chi connectivity index (χ1) is 7.74. The van der Waals surface area contributed by atoms with Crippen LogP contribution in [-0.2, 0) is 0 Å². The van der Waals surface area contributed by atoms with Gasteiger partial charge in [-0.1, -0.05) is 19.3 Å². The fraction of sp³-hybridized carbons (Fsp3) is 1.00. The molecule has 0 spiro atoms. The highest BCUT2D eigenvalue weighted by atomic mass is 15.2. The van der Waals surface area contributed by atoms with Crippen LogP contribution in [0, 0.1) is 5.41 Å². The molecule has 1 aliphatic heterocycles. The fourth-order valence-electron chi connectivity index (χ4n) is 3.21. The predicted octanol–water partition coefficient (Wildman–Crippen LogP) is 1.14. The average Bonchev–Trinajstić information content (AvgIpc) is 2.33. The van der Waals surface area contributed by atoms with Crippen LogP contribution in [0.15, 0.2) is 0 Å². The highest BCUT2D eigenvalue weighted by molar-refractivity contribution is 4.87. The van der Waals surface area contributed by atoms with E-state index in [0.29, 0.717) is 5.41 Å². The van der Waals surface area contributed by atoms with Crippen molar-refractivity contribution in [2.75, 3.05) is 46.3 Å². The lowest BCUT2D eigenvalue weighted by molar-refractivity contribution is 0.0751. The summed E-state index contributed by atoms with van der Waals surface area (Å²) in [5.74, 6) is 0. The molecule has 0 aromatic rings. The third kappa shape index (κ3) is 2.96. The second kappa shape index (κ2) is 5.48. The highest BCUT2D eigenvalue weighted by Crippen LogP contribution is 2.36.